The fourth-order valence-corrected chi connectivity index (χ4v) is 0.825. The maximum atomic E-state index is 6.96. The minimum absolute atomic E-state index is 0.143. The van der Waals surface area contributed by atoms with E-state index >= 15 is 0 Å². The Hall–Kier alpha value is -0.850. The van der Waals surface area contributed by atoms with Crippen molar-refractivity contribution in [3.63, 3.8) is 0 Å². The van der Waals surface area contributed by atoms with Gasteiger partial charge in [-0.15, -0.1) is 0 Å². The van der Waals surface area contributed by atoms with Crippen LogP contribution in [0.1, 0.15) is 27.7 Å². The summed E-state index contributed by atoms with van der Waals surface area (Å²) >= 11 is 0. The molecule has 1 N–H and O–H groups in total. The Morgan fingerprint density at radius 2 is 1.82 bits per heavy atom. The van der Waals surface area contributed by atoms with Gasteiger partial charge in [0.1, 0.15) is 0 Å². The molecule has 0 unspecified atom stereocenters. The highest BCUT2D eigenvalue weighted by Gasteiger charge is 2.12. The molecular formula is C10H17N. The van der Waals surface area contributed by atoms with Crippen LogP contribution < -0.4 is 0 Å². The van der Waals surface area contributed by atoms with Crippen molar-refractivity contribution in [2.24, 2.45) is 5.41 Å². The van der Waals surface area contributed by atoms with Crippen molar-refractivity contribution in [3.8, 4) is 0 Å². The molecule has 0 spiro atoms. The van der Waals surface area contributed by atoms with E-state index in [1.54, 1.807) is 0 Å². The second kappa shape index (κ2) is 4.12. The Bertz CT molecular complexity index is 180. The molecule has 11 heavy (non-hydrogen) atoms. The molecule has 0 aromatic heterocycles. The van der Waals surface area contributed by atoms with Gasteiger partial charge in [0.15, 0.2) is 0 Å². The summed E-state index contributed by atoms with van der Waals surface area (Å²) in [4.78, 5) is 0. The average Bonchev–Trinajstić information content (AvgIpc) is 1.85. The van der Waals surface area contributed by atoms with E-state index in [2.05, 4.69) is 20.8 Å². The third-order valence-corrected chi connectivity index (χ3v) is 1.48. The van der Waals surface area contributed by atoms with E-state index in [-0.39, 0.29) is 5.41 Å². The molecule has 0 rings (SSSR count). The van der Waals surface area contributed by atoms with Crippen LogP contribution in [0.5, 0.6) is 0 Å². The zero-order chi connectivity index (χ0) is 8.91. The van der Waals surface area contributed by atoms with E-state index in [0.29, 0.717) is 0 Å². The summed E-state index contributed by atoms with van der Waals surface area (Å²) in [6.45, 7) is 8.41. The van der Waals surface area contributed by atoms with Crippen molar-refractivity contribution < 1.29 is 0 Å². The highest BCUT2D eigenvalue weighted by atomic mass is 14.3. The number of rotatable bonds is 2. The van der Waals surface area contributed by atoms with Crippen LogP contribution in [-0.2, 0) is 0 Å². The largest absolute Gasteiger partial charge is 0.309 e. The second-order valence-electron chi connectivity index (χ2n) is 3.54. The lowest BCUT2D eigenvalue weighted by Gasteiger charge is -2.19. The van der Waals surface area contributed by atoms with Crippen LogP contribution in [-0.4, -0.2) is 6.21 Å². The quantitative estimate of drug-likeness (QED) is 0.463. The Labute approximate surface area is 69.3 Å². The first-order chi connectivity index (χ1) is 5.02. The molecule has 1 nitrogen and oxygen atoms in total. The van der Waals surface area contributed by atoms with Crippen molar-refractivity contribution in [2.45, 2.75) is 27.7 Å². The van der Waals surface area contributed by atoms with Gasteiger partial charge in [0, 0.05) is 6.21 Å². The fraction of sp³-hybridized carbons (Fsp3) is 0.500. The van der Waals surface area contributed by atoms with Gasteiger partial charge in [0.25, 0.3) is 0 Å². The normalized spacial score (nSPS) is 14.0. The maximum absolute atomic E-state index is 6.96. The zero-order valence-electron chi connectivity index (χ0n) is 7.81. The standard InChI is InChI=1S/C10H17N/c1-5-6-9(7-8-11)10(2,3)4/h5-8,11H,1-4H3/b6-5-,9-7+,11-8?. The Morgan fingerprint density at radius 3 is 2.09 bits per heavy atom. The summed E-state index contributed by atoms with van der Waals surface area (Å²) in [6.07, 6.45) is 7.21. The van der Waals surface area contributed by atoms with Crippen LogP contribution in [0.15, 0.2) is 23.8 Å². The number of hydrogen-bond donors (Lipinski definition) is 1. The predicted molar refractivity (Wildman–Crippen MR) is 51.1 cm³/mol. The molecule has 0 aliphatic rings. The lowest BCUT2D eigenvalue weighted by atomic mass is 9.86. The minimum Gasteiger partial charge on any atom is -0.309 e. The average molecular weight is 151 g/mol. The van der Waals surface area contributed by atoms with Gasteiger partial charge in [-0.2, -0.15) is 0 Å². The topological polar surface area (TPSA) is 23.9 Å². The summed E-state index contributed by atoms with van der Waals surface area (Å²) in [6, 6.07) is 0. The predicted octanol–water partition coefficient (Wildman–Crippen LogP) is 3.18. The summed E-state index contributed by atoms with van der Waals surface area (Å²) in [5.74, 6) is 0. The van der Waals surface area contributed by atoms with Crippen LogP contribution in [0.3, 0.4) is 0 Å². The van der Waals surface area contributed by atoms with Crippen molar-refractivity contribution in [1.29, 1.82) is 5.41 Å². The highest BCUT2D eigenvalue weighted by molar-refractivity contribution is 5.70. The first-order valence-corrected chi connectivity index (χ1v) is 3.86. The molecule has 0 aromatic carbocycles. The maximum Gasteiger partial charge on any atom is 0.0180 e. The van der Waals surface area contributed by atoms with E-state index in [1.807, 2.05) is 25.2 Å². The summed E-state index contributed by atoms with van der Waals surface area (Å²) < 4.78 is 0. The van der Waals surface area contributed by atoms with Crippen molar-refractivity contribution in [3.05, 3.63) is 23.8 Å². The van der Waals surface area contributed by atoms with Crippen molar-refractivity contribution in [1.82, 2.24) is 0 Å². The molecule has 0 fully saturated rings. The molecule has 0 saturated heterocycles. The molecule has 0 heterocycles. The van der Waals surface area contributed by atoms with Crippen LogP contribution in [0.25, 0.3) is 0 Å². The third kappa shape index (κ3) is 3.76. The molecule has 0 aliphatic carbocycles. The number of hydrogen-bond acceptors (Lipinski definition) is 1. The van der Waals surface area contributed by atoms with Gasteiger partial charge in [-0.1, -0.05) is 32.9 Å². The molecule has 0 atom stereocenters. The van der Waals surface area contributed by atoms with Gasteiger partial charge >= 0.3 is 0 Å². The number of nitrogens with one attached hydrogen (secondary N) is 1. The van der Waals surface area contributed by atoms with Crippen LogP contribution in [0.2, 0.25) is 0 Å². The van der Waals surface area contributed by atoms with Crippen molar-refractivity contribution >= 4 is 6.21 Å². The Kier molecular flexibility index (Phi) is 3.80. The van der Waals surface area contributed by atoms with Gasteiger partial charge in [-0.05, 0) is 24.0 Å². The lowest BCUT2D eigenvalue weighted by Crippen LogP contribution is -2.07. The molecule has 0 saturated carbocycles. The Morgan fingerprint density at radius 1 is 1.27 bits per heavy atom. The van der Waals surface area contributed by atoms with Gasteiger partial charge in [-0.25, -0.2) is 0 Å². The summed E-state index contributed by atoms with van der Waals surface area (Å²) in [7, 11) is 0. The van der Waals surface area contributed by atoms with E-state index in [4.69, 9.17) is 5.41 Å². The fourth-order valence-electron chi connectivity index (χ4n) is 0.825. The first kappa shape index (κ1) is 10.2. The Balaban J connectivity index is 4.61. The minimum atomic E-state index is 0.143. The second-order valence-corrected chi connectivity index (χ2v) is 3.54. The van der Waals surface area contributed by atoms with E-state index in [9.17, 15) is 0 Å². The summed E-state index contributed by atoms with van der Waals surface area (Å²) in [5.41, 5.74) is 1.33. The molecular weight excluding hydrogens is 134 g/mol. The molecule has 62 valence electrons. The molecule has 0 aliphatic heterocycles. The monoisotopic (exact) mass is 151 g/mol. The van der Waals surface area contributed by atoms with Crippen LogP contribution in [0, 0.1) is 10.8 Å². The molecule has 0 amide bonds. The van der Waals surface area contributed by atoms with E-state index in [1.165, 1.54) is 11.8 Å². The van der Waals surface area contributed by atoms with E-state index in [0.717, 1.165) is 0 Å². The smallest absolute Gasteiger partial charge is 0.0180 e. The third-order valence-electron chi connectivity index (χ3n) is 1.48. The van der Waals surface area contributed by atoms with Crippen LogP contribution in [0.4, 0.5) is 0 Å². The molecule has 1 heteroatoms. The number of allylic oxidation sites excluding steroid dienone is 4. The van der Waals surface area contributed by atoms with Gasteiger partial charge in [-0.3, -0.25) is 0 Å². The highest BCUT2D eigenvalue weighted by Crippen LogP contribution is 2.25. The van der Waals surface area contributed by atoms with E-state index < -0.39 is 0 Å². The molecule has 0 aromatic rings. The molecule has 0 bridgehead atoms. The van der Waals surface area contributed by atoms with Gasteiger partial charge in [0.05, 0.1) is 0 Å². The first-order valence-electron chi connectivity index (χ1n) is 3.86. The lowest BCUT2D eigenvalue weighted by molar-refractivity contribution is 0.517. The van der Waals surface area contributed by atoms with Gasteiger partial charge < -0.3 is 5.41 Å². The summed E-state index contributed by atoms with van der Waals surface area (Å²) in [5, 5.41) is 6.96. The van der Waals surface area contributed by atoms with Crippen molar-refractivity contribution in [2.75, 3.05) is 0 Å². The zero-order valence-corrected chi connectivity index (χ0v) is 7.81. The van der Waals surface area contributed by atoms with Gasteiger partial charge in [0.2, 0.25) is 0 Å². The SMILES string of the molecule is C/C=C\C(=C/C=N)C(C)(C)C. The van der Waals surface area contributed by atoms with Crippen LogP contribution >= 0.6 is 0 Å². The molecule has 0 radical (unpaired) electrons.